The van der Waals surface area contributed by atoms with Gasteiger partial charge in [-0.05, 0) is 35.2 Å². The topological polar surface area (TPSA) is 44.1 Å². The third-order valence-electron chi connectivity index (χ3n) is 4.19. The van der Waals surface area contributed by atoms with Gasteiger partial charge in [-0.1, -0.05) is 54.0 Å². The van der Waals surface area contributed by atoms with Gasteiger partial charge >= 0.3 is 5.97 Å². The third kappa shape index (κ3) is 3.05. The number of rotatable bonds is 5. The normalized spacial score (nSPS) is 12.9. The highest BCUT2D eigenvalue weighted by atomic mass is 79.9. The van der Waals surface area contributed by atoms with Crippen LogP contribution in [-0.4, -0.2) is 22.4 Å². The summed E-state index contributed by atoms with van der Waals surface area (Å²) in [6.07, 6.45) is 1.97. The lowest BCUT2D eigenvalue weighted by Crippen LogP contribution is -2.26. The molecule has 0 aliphatic rings. The van der Waals surface area contributed by atoms with Gasteiger partial charge in [0.15, 0.2) is 6.04 Å². The average molecular weight is 389 g/mol. The molecule has 24 heavy (non-hydrogen) atoms. The van der Waals surface area contributed by atoms with E-state index in [0.717, 1.165) is 21.6 Å². The maximum absolute atomic E-state index is 12.3. The Morgan fingerprint density at radius 2 is 2.04 bits per heavy atom. The van der Waals surface area contributed by atoms with Crippen molar-refractivity contribution in [3.63, 3.8) is 0 Å². The summed E-state index contributed by atoms with van der Waals surface area (Å²) in [7, 11) is 0. The van der Waals surface area contributed by atoms with Gasteiger partial charge in [0.2, 0.25) is 0 Å². The second kappa shape index (κ2) is 6.93. The van der Waals surface area contributed by atoms with E-state index < -0.39 is 6.04 Å². The molecule has 1 unspecified atom stereocenters. The van der Waals surface area contributed by atoms with E-state index in [1.54, 1.807) is 4.68 Å². The number of carbonyl (C=O) groups is 1. The lowest BCUT2D eigenvalue weighted by Gasteiger charge is -2.19. The Bertz CT molecular complexity index is 886. The summed E-state index contributed by atoms with van der Waals surface area (Å²) in [5.74, 6) is -0.129. The van der Waals surface area contributed by atoms with Crippen molar-refractivity contribution in [3.05, 3.63) is 42.1 Å². The molecule has 2 aromatic carbocycles. The number of halogens is 1. The van der Waals surface area contributed by atoms with Crippen molar-refractivity contribution in [1.82, 2.24) is 9.78 Å². The van der Waals surface area contributed by atoms with Crippen molar-refractivity contribution in [2.75, 3.05) is 6.61 Å². The summed E-state index contributed by atoms with van der Waals surface area (Å²) >= 11 is 3.49. The van der Waals surface area contributed by atoms with Crippen LogP contribution in [0.25, 0.3) is 21.7 Å². The van der Waals surface area contributed by atoms with Gasteiger partial charge in [-0.25, -0.2) is 4.79 Å². The second-order valence-corrected chi connectivity index (χ2v) is 6.80. The first kappa shape index (κ1) is 17.0. The molecule has 1 aromatic heterocycles. The third-order valence-corrected chi connectivity index (χ3v) is 4.83. The van der Waals surface area contributed by atoms with E-state index in [1.165, 1.54) is 10.9 Å². The zero-order valence-electron chi connectivity index (χ0n) is 14.1. The van der Waals surface area contributed by atoms with E-state index in [-0.39, 0.29) is 11.9 Å². The fraction of sp³-hybridized carbons (Fsp3) is 0.368. The van der Waals surface area contributed by atoms with Crippen LogP contribution in [0.4, 0.5) is 0 Å². The summed E-state index contributed by atoms with van der Waals surface area (Å²) < 4.78 is 6.98. The van der Waals surface area contributed by atoms with E-state index >= 15 is 0 Å². The Kier molecular flexibility index (Phi) is 4.90. The Morgan fingerprint density at radius 1 is 1.25 bits per heavy atom. The van der Waals surface area contributed by atoms with Gasteiger partial charge in [-0.3, -0.25) is 4.68 Å². The number of carbonyl (C=O) groups excluding carboxylic acids is 1. The number of nitrogens with zero attached hydrogens (tertiary/aromatic N) is 2. The van der Waals surface area contributed by atoms with E-state index in [2.05, 4.69) is 45.3 Å². The second-order valence-electron chi connectivity index (χ2n) is 6.24. The smallest absolute Gasteiger partial charge is 0.331 e. The molecule has 0 bridgehead atoms. The number of fused-ring (bicyclic) bond motifs is 3. The molecular formula is C19H21BrN2O2. The summed E-state index contributed by atoms with van der Waals surface area (Å²) in [5, 5.41) is 8.85. The minimum Gasteiger partial charge on any atom is -0.464 e. The van der Waals surface area contributed by atoms with E-state index in [1.807, 2.05) is 33.0 Å². The molecule has 5 heteroatoms. The largest absolute Gasteiger partial charge is 0.464 e. The van der Waals surface area contributed by atoms with Crippen molar-refractivity contribution < 1.29 is 9.53 Å². The first-order valence-electron chi connectivity index (χ1n) is 8.18. The zero-order chi connectivity index (χ0) is 17.3. The maximum atomic E-state index is 12.3. The highest BCUT2D eigenvalue weighted by Gasteiger charge is 2.26. The monoisotopic (exact) mass is 388 g/mol. The first-order chi connectivity index (χ1) is 11.5. The number of ether oxygens (including phenoxy) is 1. The highest BCUT2D eigenvalue weighted by Crippen LogP contribution is 2.29. The Balaban J connectivity index is 2.13. The molecule has 0 aliphatic heterocycles. The Morgan fingerprint density at radius 3 is 2.71 bits per heavy atom. The summed E-state index contributed by atoms with van der Waals surface area (Å²) in [6, 6.07) is 10.1. The highest BCUT2D eigenvalue weighted by molar-refractivity contribution is 9.08. The lowest BCUT2D eigenvalue weighted by atomic mass is 10.0. The van der Waals surface area contributed by atoms with Gasteiger partial charge in [0, 0.05) is 16.9 Å². The van der Waals surface area contributed by atoms with Crippen LogP contribution in [0.5, 0.6) is 0 Å². The van der Waals surface area contributed by atoms with Crippen LogP contribution in [0.15, 0.2) is 36.5 Å². The maximum Gasteiger partial charge on any atom is 0.331 e. The van der Waals surface area contributed by atoms with E-state index in [0.29, 0.717) is 6.61 Å². The van der Waals surface area contributed by atoms with Crippen molar-refractivity contribution in [2.45, 2.75) is 32.1 Å². The molecule has 126 valence electrons. The molecule has 0 saturated carbocycles. The standard InChI is InChI=1S/C19H21BrN2O2/c1-4-24-19(23)18(12(2)3)22-11-16-15-7-5-13(10-20)9-14(15)6-8-17(16)21-22/h5-9,11-12,18H,4,10H2,1-3H3. The van der Waals surface area contributed by atoms with Crippen LogP contribution in [0.3, 0.4) is 0 Å². The molecule has 4 nitrogen and oxygen atoms in total. The number of aromatic nitrogens is 2. The van der Waals surface area contributed by atoms with E-state index in [9.17, 15) is 4.79 Å². The predicted molar refractivity (Wildman–Crippen MR) is 100 cm³/mol. The van der Waals surface area contributed by atoms with Gasteiger partial charge in [0.05, 0.1) is 12.1 Å². The van der Waals surface area contributed by atoms with Crippen LogP contribution >= 0.6 is 15.9 Å². The van der Waals surface area contributed by atoms with Crippen molar-refractivity contribution in [3.8, 4) is 0 Å². The summed E-state index contributed by atoms with van der Waals surface area (Å²) in [6.45, 7) is 6.22. The average Bonchev–Trinajstić information content (AvgIpc) is 2.98. The molecule has 0 fully saturated rings. The summed E-state index contributed by atoms with van der Waals surface area (Å²) in [4.78, 5) is 12.3. The number of alkyl halides is 1. The lowest BCUT2D eigenvalue weighted by molar-refractivity contribution is -0.148. The zero-order valence-corrected chi connectivity index (χ0v) is 15.7. The minimum absolute atomic E-state index is 0.102. The molecule has 0 N–H and O–H groups in total. The number of esters is 1. The van der Waals surface area contributed by atoms with Gasteiger partial charge < -0.3 is 4.74 Å². The van der Waals surface area contributed by atoms with Gasteiger partial charge in [-0.2, -0.15) is 5.10 Å². The molecular weight excluding hydrogens is 368 g/mol. The predicted octanol–water partition coefficient (Wildman–Crippen LogP) is 4.84. The van der Waals surface area contributed by atoms with Gasteiger partial charge in [0.25, 0.3) is 0 Å². The molecule has 0 spiro atoms. The molecule has 1 heterocycles. The molecule has 0 radical (unpaired) electrons. The molecule has 0 saturated heterocycles. The Hall–Kier alpha value is -1.88. The molecule has 0 aliphatic carbocycles. The Labute approximate surface area is 149 Å². The van der Waals surface area contributed by atoms with Crippen LogP contribution in [0.2, 0.25) is 0 Å². The summed E-state index contributed by atoms with van der Waals surface area (Å²) in [5.41, 5.74) is 2.13. The van der Waals surface area contributed by atoms with Crippen LogP contribution in [-0.2, 0) is 14.9 Å². The quantitative estimate of drug-likeness (QED) is 0.463. The number of hydrogen-bond acceptors (Lipinski definition) is 3. The number of benzene rings is 2. The molecule has 3 rings (SSSR count). The minimum atomic E-state index is -0.408. The fourth-order valence-corrected chi connectivity index (χ4v) is 3.39. The molecule has 0 amide bonds. The van der Waals surface area contributed by atoms with Crippen molar-refractivity contribution in [1.29, 1.82) is 0 Å². The first-order valence-corrected chi connectivity index (χ1v) is 9.30. The van der Waals surface area contributed by atoms with Crippen LogP contribution in [0, 0.1) is 5.92 Å². The van der Waals surface area contributed by atoms with Gasteiger partial charge in [0.1, 0.15) is 0 Å². The van der Waals surface area contributed by atoms with Crippen molar-refractivity contribution >= 4 is 43.6 Å². The number of hydrogen-bond donors (Lipinski definition) is 0. The van der Waals surface area contributed by atoms with Gasteiger partial charge in [-0.15, -0.1) is 0 Å². The van der Waals surface area contributed by atoms with E-state index in [4.69, 9.17) is 4.74 Å². The van der Waals surface area contributed by atoms with Crippen LogP contribution in [0.1, 0.15) is 32.4 Å². The fourth-order valence-electron chi connectivity index (χ4n) is 3.04. The van der Waals surface area contributed by atoms with Crippen molar-refractivity contribution in [2.24, 2.45) is 5.92 Å². The van der Waals surface area contributed by atoms with Crippen LogP contribution < -0.4 is 0 Å². The SMILES string of the molecule is CCOC(=O)C(C(C)C)n1cc2c(ccc3cc(CBr)ccc32)n1. The molecule has 3 aromatic rings. The molecule has 1 atom stereocenters.